The highest BCUT2D eigenvalue weighted by Crippen LogP contribution is 2.27. The van der Waals surface area contributed by atoms with Gasteiger partial charge in [0.2, 0.25) is 0 Å². The van der Waals surface area contributed by atoms with Gasteiger partial charge in [-0.15, -0.1) is 0 Å². The first-order valence-electron chi connectivity index (χ1n) is 8.32. The summed E-state index contributed by atoms with van der Waals surface area (Å²) in [5, 5.41) is 3.41. The van der Waals surface area contributed by atoms with E-state index >= 15 is 0 Å². The van der Waals surface area contributed by atoms with Crippen molar-refractivity contribution in [3.8, 4) is 0 Å². The van der Waals surface area contributed by atoms with Crippen molar-refractivity contribution in [2.45, 2.75) is 58.9 Å². The van der Waals surface area contributed by atoms with Crippen LogP contribution in [-0.4, -0.2) is 29.9 Å². The normalized spacial score (nSPS) is 15.2. The number of carbonyl (C=O) groups is 1. The molecule has 1 N–H and O–H groups in total. The Morgan fingerprint density at radius 1 is 1.29 bits per heavy atom. The Morgan fingerprint density at radius 2 is 2.00 bits per heavy atom. The first-order chi connectivity index (χ1) is 10.2. The zero-order valence-corrected chi connectivity index (χ0v) is 13.6. The third-order valence-electron chi connectivity index (χ3n) is 4.34. The quantitative estimate of drug-likeness (QED) is 0.850. The maximum absolute atomic E-state index is 12.9. The van der Waals surface area contributed by atoms with Crippen molar-refractivity contribution < 1.29 is 4.79 Å². The van der Waals surface area contributed by atoms with E-state index in [9.17, 15) is 4.79 Å². The fraction of sp³-hybridized carbons (Fsp3) is 0.611. The van der Waals surface area contributed by atoms with Gasteiger partial charge in [0, 0.05) is 24.8 Å². The molecule has 21 heavy (non-hydrogen) atoms. The van der Waals surface area contributed by atoms with Gasteiger partial charge in [-0.25, -0.2) is 0 Å². The fourth-order valence-corrected chi connectivity index (χ4v) is 3.19. The SMILES string of the molecule is CCCNc1cc(C)ccc1C(=O)N(CC)C1CCCC1. The number of aryl methyl sites for hydroxylation is 1. The molecule has 2 rings (SSSR count). The summed E-state index contributed by atoms with van der Waals surface area (Å²) in [5.41, 5.74) is 3.00. The molecule has 1 aromatic rings. The minimum absolute atomic E-state index is 0.183. The van der Waals surface area contributed by atoms with Gasteiger partial charge in [0.05, 0.1) is 5.56 Å². The number of carbonyl (C=O) groups excluding carboxylic acids is 1. The predicted molar refractivity (Wildman–Crippen MR) is 88.9 cm³/mol. The minimum atomic E-state index is 0.183. The van der Waals surface area contributed by atoms with Crippen molar-refractivity contribution in [1.82, 2.24) is 4.90 Å². The third kappa shape index (κ3) is 3.78. The number of benzene rings is 1. The Hall–Kier alpha value is -1.51. The number of rotatable bonds is 6. The lowest BCUT2D eigenvalue weighted by molar-refractivity contribution is 0.0694. The second-order valence-electron chi connectivity index (χ2n) is 6.01. The van der Waals surface area contributed by atoms with E-state index < -0.39 is 0 Å². The average Bonchev–Trinajstić information content (AvgIpc) is 3.00. The van der Waals surface area contributed by atoms with Crippen molar-refractivity contribution in [2.75, 3.05) is 18.4 Å². The molecule has 3 heteroatoms. The summed E-state index contributed by atoms with van der Waals surface area (Å²) in [4.78, 5) is 15.0. The van der Waals surface area contributed by atoms with Crippen LogP contribution in [0.25, 0.3) is 0 Å². The number of nitrogens with one attached hydrogen (secondary N) is 1. The van der Waals surface area contributed by atoms with Gasteiger partial charge in [-0.3, -0.25) is 4.79 Å². The lowest BCUT2D eigenvalue weighted by atomic mass is 10.1. The number of hydrogen-bond acceptors (Lipinski definition) is 2. The number of hydrogen-bond donors (Lipinski definition) is 1. The van der Waals surface area contributed by atoms with Gasteiger partial charge in [-0.2, -0.15) is 0 Å². The maximum Gasteiger partial charge on any atom is 0.256 e. The van der Waals surface area contributed by atoms with Gasteiger partial charge in [-0.1, -0.05) is 25.8 Å². The topological polar surface area (TPSA) is 32.3 Å². The van der Waals surface area contributed by atoms with Gasteiger partial charge in [0.15, 0.2) is 0 Å². The van der Waals surface area contributed by atoms with Gasteiger partial charge in [-0.05, 0) is 50.8 Å². The van der Waals surface area contributed by atoms with Gasteiger partial charge >= 0.3 is 0 Å². The Bertz CT molecular complexity index is 478. The van der Waals surface area contributed by atoms with Crippen LogP contribution >= 0.6 is 0 Å². The Morgan fingerprint density at radius 3 is 2.62 bits per heavy atom. The minimum Gasteiger partial charge on any atom is -0.384 e. The second kappa shape index (κ2) is 7.48. The molecule has 1 fully saturated rings. The van der Waals surface area contributed by atoms with Crippen LogP contribution in [0.15, 0.2) is 18.2 Å². The summed E-state index contributed by atoms with van der Waals surface area (Å²) in [6, 6.07) is 6.54. The largest absolute Gasteiger partial charge is 0.384 e. The first-order valence-corrected chi connectivity index (χ1v) is 8.32. The van der Waals surface area contributed by atoms with E-state index in [-0.39, 0.29) is 5.91 Å². The summed E-state index contributed by atoms with van der Waals surface area (Å²) in [7, 11) is 0. The van der Waals surface area contributed by atoms with E-state index in [1.54, 1.807) is 0 Å². The number of amides is 1. The lowest BCUT2D eigenvalue weighted by Gasteiger charge is -2.28. The third-order valence-corrected chi connectivity index (χ3v) is 4.34. The van der Waals surface area contributed by atoms with Crippen LogP contribution in [0.3, 0.4) is 0 Å². The highest BCUT2D eigenvalue weighted by atomic mass is 16.2. The summed E-state index contributed by atoms with van der Waals surface area (Å²) < 4.78 is 0. The second-order valence-corrected chi connectivity index (χ2v) is 6.01. The molecule has 0 saturated heterocycles. The standard InChI is InChI=1S/C18H28N2O/c1-4-12-19-17-13-14(3)10-11-16(17)18(21)20(5-2)15-8-6-7-9-15/h10-11,13,15,19H,4-9,12H2,1-3H3. The molecule has 0 heterocycles. The van der Waals surface area contributed by atoms with Crippen LogP contribution in [0, 0.1) is 6.92 Å². The van der Waals surface area contributed by atoms with Crippen molar-refractivity contribution >= 4 is 11.6 Å². The number of anilines is 1. The molecule has 116 valence electrons. The average molecular weight is 288 g/mol. The Kier molecular flexibility index (Phi) is 5.66. The predicted octanol–water partition coefficient (Wildman–Crippen LogP) is 4.22. The van der Waals surface area contributed by atoms with E-state index in [1.807, 2.05) is 12.1 Å². The molecule has 1 aliphatic rings. The van der Waals surface area contributed by atoms with Crippen LogP contribution in [-0.2, 0) is 0 Å². The Labute approximate surface area is 128 Å². The molecule has 0 radical (unpaired) electrons. The molecule has 1 aromatic carbocycles. The van der Waals surface area contributed by atoms with Crippen LogP contribution in [0.2, 0.25) is 0 Å². The van der Waals surface area contributed by atoms with Gasteiger partial charge in [0.25, 0.3) is 5.91 Å². The van der Waals surface area contributed by atoms with Crippen LogP contribution in [0.4, 0.5) is 5.69 Å². The molecule has 0 unspecified atom stereocenters. The van der Waals surface area contributed by atoms with Crippen molar-refractivity contribution in [1.29, 1.82) is 0 Å². The zero-order chi connectivity index (χ0) is 15.2. The molecule has 0 aromatic heterocycles. The van der Waals surface area contributed by atoms with Gasteiger partial charge < -0.3 is 10.2 Å². The molecule has 0 bridgehead atoms. The van der Waals surface area contributed by atoms with Gasteiger partial charge in [0.1, 0.15) is 0 Å². The molecule has 1 amide bonds. The smallest absolute Gasteiger partial charge is 0.256 e. The summed E-state index contributed by atoms with van der Waals surface area (Å²) in [6.45, 7) is 7.99. The van der Waals surface area contributed by atoms with Crippen LogP contribution in [0.1, 0.15) is 61.9 Å². The monoisotopic (exact) mass is 288 g/mol. The molecule has 0 spiro atoms. The summed E-state index contributed by atoms with van der Waals surface area (Å²) in [5.74, 6) is 0.183. The highest BCUT2D eigenvalue weighted by molar-refractivity contribution is 6.00. The van der Waals surface area contributed by atoms with Crippen LogP contribution in [0.5, 0.6) is 0 Å². The lowest BCUT2D eigenvalue weighted by Crippen LogP contribution is -2.39. The molecule has 1 aliphatic carbocycles. The summed E-state index contributed by atoms with van der Waals surface area (Å²) >= 11 is 0. The molecule has 3 nitrogen and oxygen atoms in total. The molecule has 0 aliphatic heterocycles. The van der Waals surface area contributed by atoms with E-state index in [0.29, 0.717) is 6.04 Å². The van der Waals surface area contributed by atoms with Crippen molar-refractivity contribution in [2.24, 2.45) is 0 Å². The van der Waals surface area contributed by atoms with E-state index in [4.69, 9.17) is 0 Å². The maximum atomic E-state index is 12.9. The molecule has 1 saturated carbocycles. The van der Waals surface area contributed by atoms with E-state index in [0.717, 1.165) is 43.6 Å². The molecular formula is C18H28N2O. The Balaban J connectivity index is 2.23. The highest BCUT2D eigenvalue weighted by Gasteiger charge is 2.27. The molecular weight excluding hydrogens is 260 g/mol. The van der Waals surface area contributed by atoms with E-state index in [2.05, 4.69) is 37.1 Å². The van der Waals surface area contributed by atoms with Crippen molar-refractivity contribution in [3.05, 3.63) is 29.3 Å². The number of nitrogens with zero attached hydrogens (tertiary/aromatic N) is 1. The molecule has 0 atom stereocenters. The van der Waals surface area contributed by atoms with Crippen molar-refractivity contribution in [3.63, 3.8) is 0 Å². The van der Waals surface area contributed by atoms with E-state index in [1.165, 1.54) is 18.4 Å². The zero-order valence-electron chi connectivity index (χ0n) is 13.6. The fourth-order valence-electron chi connectivity index (χ4n) is 3.19. The summed E-state index contributed by atoms with van der Waals surface area (Å²) in [6.07, 6.45) is 5.88. The first kappa shape index (κ1) is 15.9. The van der Waals surface area contributed by atoms with Crippen LogP contribution < -0.4 is 5.32 Å².